The summed E-state index contributed by atoms with van der Waals surface area (Å²) in [5.41, 5.74) is 0.571. The minimum absolute atomic E-state index is 0. The summed E-state index contributed by atoms with van der Waals surface area (Å²) < 4.78 is 41.6. The second-order valence-corrected chi connectivity index (χ2v) is 5.70. The van der Waals surface area contributed by atoms with Crippen molar-refractivity contribution in [2.24, 2.45) is 4.99 Å². The SMILES string of the molecule is CCC(C)NC(=NC)NC1CC1c1ccccc1OC(F)(F)F.I. The van der Waals surface area contributed by atoms with Crippen LogP contribution in [0.2, 0.25) is 0 Å². The molecule has 0 heterocycles. The van der Waals surface area contributed by atoms with E-state index in [4.69, 9.17) is 0 Å². The molecule has 0 spiro atoms. The first-order valence-electron chi connectivity index (χ1n) is 7.68. The van der Waals surface area contributed by atoms with Crippen LogP contribution >= 0.6 is 24.0 Å². The molecule has 0 amide bonds. The summed E-state index contributed by atoms with van der Waals surface area (Å²) in [5, 5.41) is 6.49. The summed E-state index contributed by atoms with van der Waals surface area (Å²) in [6, 6.07) is 6.63. The fraction of sp³-hybridized carbons (Fsp3) is 0.562. The smallest absolute Gasteiger partial charge is 0.405 e. The van der Waals surface area contributed by atoms with Gasteiger partial charge in [0.05, 0.1) is 0 Å². The number of benzene rings is 1. The predicted octanol–water partition coefficient (Wildman–Crippen LogP) is 4.02. The Bertz CT molecular complexity index is 566. The fourth-order valence-electron chi connectivity index (χ4n) is 2.38. The molecule has 1 fully saturated rings. The monoisotopic (exact) mass is 457 g/mol. The van der Waals surface area contributed by atoms with Crippen LogP contribution < -0.4 is 15.4 Å². The Hall–Kier alpha value is -1.19. The van der Waals surface area contributed by atoms with E-state index in [1.807, 2.05) is 6.92 Å². The molecule has 1 aromatic carbocycles. The van der Waals surface area contributed by atoms with E-state index in [-0.39, 0.29) is 47.7 Å². The van der Waals surface area contributed by atoms with Gasteiger partial charge < -0.3 is 15.4 Å². The number of guanidine groups is 1. The van der Waals surface area contributed by atoms with E-state index in [0.717, 1.165) is 12.8 Å². The molecule has 136 valence electrons. The molecule has 0 bridgehead atoms. The van der Waals surface area contributed by atoms with Crippen molar-refractivity contribution in [2.45, 2.75) is 51.1 Å². The van der Waals surface area contributed by atoms with E-state index in [1.54, 1.807) is 25.2 Å². The first-order valence-corrected chi connectivity index (χ1v) is 7.68. The third kappa shape index (κ3) is 6.03. The van der Waals surface area contributed by atoms with Crippen LogP contribution in [0.25, 0.3) is 0 Å². The van der Waals surface area contributed by atoms with E-state index in [1.165, 1.54) is 6.07 Å². The highest BCUT2D eigenvalue weighted by molar-refractivity contribution is 14.0. The zero-order valence-electron chi connectivity index (χ0n) is 13.9. The van der Waals surface area contributed by atoms with Gasteiger partial charge in [-0.25, -0.2) is 0 Å². The highest BCUT2D eigenvalue weighted by Crippen LogP contribution is 2.45. The molecular weight excluding hydrogens is 434 g/mol. The fourth-order valence-corrected chi connectivity index (χ4v) is 2.38. The Kier molecular flexibility index (Phi) is 7.62. The number of nitrogens with one attached hydrogen (secondary N) is 2. The zero-order chi connectivity index (χ0) is 17.0. The molecule has 2 N–H and O–H groups in total. The van der Waals surface area contributed by atoms with Gasteiger partial charge in [-0.1, -0.05) is 25.1 Å². The normalized spacial score (nSPS) is 21.5. The molecule has 0 saturated heterocycles. The molecule has 0 aliphatic heterocycles. The Morgan fingerprint density at radius 2 is 2.04 bits per heavy atom. The second-order valence-electron chi connectivity index (χ2n) is 5.70. The van der Waals surface area contributed by atoms with Gasteiger partial charge in [0, 0.05) is 25.0 Å². The number of rotatable bonds is 5. The number of hydrogen-bond donors (Lipinski definition) is 2. The van der Waals surface area contributed by atoms with Crippen molar-refractivity contribution in [3.05, 3.63) is 29.8 Å². The van der Waals surface area contributed by atoms with Crippen LogP contribution in [0.5, 0.6) is 5.75 Å². The molecular formula is C16H23F3IN3O. The van der Waals surface area contributed by atoms with Gasteiger partial charge in [-0.15, -0.1) is 37.1 Å². The van der Waals surface area contributed by atoms with Gasteiger partial charge in [0.1, 0.15) is 5.75 Å². The van der Waals surface area contributed by atoms with Gasteiger partial charge in [0.25, 0.3) is 0 Å². The van der Waals surface area contributed by atoms with E-state index >= 15 is 0 Å². The topological polar surface area (TPSA) is 45.7 Å². The maximum Gasteiger partial charge on any atom is 0.573 e. The van der Waals surface area contributed by atoms with E-state index in [0.29, 0.717) is 11.5 Å². The van der Waals surface area contributed by atoms with Crippen molar-refractivity contribution in [3.8, 4) is 5.75 Å². The van der Waals surface area contributed by atoms with E-state index < -0.39 is 6.36 Å². The molecule has 8 heteroatoms. The van der Waals surface area contributed by atoms with Gasteiger partial charge in [0.2, 0.25) is 0 Å². The van der Waals surface area contributed by atoms with Crippen LogP contribution in [0.3, 0.4) is 0 Å². The predicted molar refractivity (Wildman–Crippen MR) is 99.1 cm³/mol. The molecule has 1 aromatic rings. The molecule has 1 saturated carbocycles. The Morgan fingerprint density at radius 3 is 2.62 bits per heavy atom. The minimum Gasteiger partial charge on any atom is -0.405 e. The average Bonchev–Trinajstić information content (AvgIpc) is 3.24. The van der Waals surface area contributed by atoms with Gasteiger partial charge in [-0.05, 0) is 31.4 Å². The maximum absolute atomic E-state index is 12.5. The lowest BCUT2D eigenvalue weighted by Gasteiger charge is -2.17. The van der Waals surface area contributed by atoms with Crippen LogP contribution in [0.4, 0.5) is 13.2 Å². The first-order chi connectivity index (χ1) is 10.8. The number of halogens is 4. The lowest BCUT2D eigenvalue weighted by molar-refractivity contribution is -0.274. The van der Waals surface area contributed by atoms with Crippen molar-refractivity contribution in [3.63, 3.8) is 0 Å². The van der Waals surface area contributed by atoms with E-state index in [9.17, 15) is 13.2 Å². The highest BCUT2D eigenvalue weighted by Gasteiger charge is 2.42. The Labute approximate surface area is 157 Å². The number of hydrogen-bond acceptors (Lipinski definition) is 2. The molecule has 24 heavy (non-hydrogen) atoms. The largest absolute Gasteiger partial charge is 0.573 e. The lowest BCUT2D eigenvalue weighted by Crippen LogP contribution is -2.43. The van der Waals surface area contributed by atoms with E-state index in [2.05, 4.69) is 27.3 Å². The van der Waals surface area contributed by atoms with Gasteiger partial charge in [0.15, 0.2) is 5.96 Å². The van der Waals surface area contributed by atoms with Crippen molar-refractivity contribution in [1.29, 1.82) is 0 Å². The summed E-state index contributed by atoms with van der Waals surface area (Å²) >= 11 is 0. The van der Waals surface area contributed by atoms with Crippen molar-refractivity contribution in [2.75, 3.05) is 7.05 Å². The molecule has 4 nitrogen and oxygen atoms in total. The van der Waals surface area contributed by atoms with Crippen LogP contribution in [-0.2, 0) is 0 Å². The summed E-state index contributed by atoms with van der Waals surface area (Å²) in [7, 11) is 1.68. The third-order valence-electron chi connectivity index (χ3n) is 3.88. The number of alkyl halides is 3. The maximum atomic E-state index is 12.5. The molecule has 3 atom stereocenters. The standard InChI is InChI=1S/C16H22F3N3O.HI/c1-4-10(2)21-15(20-3)22-13-9-12(13)11-7-5-6-8-14(11)23-16(17,18)19;/h5-8,10,12-13H,4,9H2,1-3H3,(H2,20,21,22);1H. The highest BCUT2D eigenvalue weighted by atomic mass is 127. The van der Waals surface area contributed by atoms with Gasteiger partial charge in [-0.2, -0.15) is 0 Å². The molecule has 0 radical (unpaired) electrons. The van der Waals surface area contributed by atoms with Crippen molar-refractivity contribution >= 4 is 29.9 Å². The zero-order valence-corrected chi connectivity index (χ0v) is 16.2. The number of para-hydroxylation sites is 1. The van der Waals surface area contributed by atoms with Crippen LogP contribution in [-0.4, -0.2) is 31.5 Å². The summed E-state index contributed by atoms with van der Waals surface area (Å²) in [5.74, 6) is 0.532. The average molecular weight is 457 g/mol. The molecule has 1 aliphatic rings. The van der Waals surface area contributed by atoms with Gasteiger partial charge in [-0.3, -0.25) is 4.99 Å². The van der Waals surface area contributed by atoms with Crippen molar-refractivity contribution < 1.29 is 17.9 Å². The Balaban J connectivity index is 0.00000288. The number of nitrogens with zero attached hydrogens (tertiary/aromatic N) is 1. The molecule has 1 aliphatic carbocycles. The van der Waals surface area contributed by atoms with Crippen LogP contribution in [0.15, 0.2) is 29.3 Å². The molecule has 0 aromatic heterocycles. The van der Waals surface area contributed by atoms with Crippen LogP contribution in [0, 0.1) is 0 Å². The van der Waals surface area contributed by atoms with Crippen LogP contribution in [0.1, 0.15) is 38.2 Å². The number of aliphatic imine (C=N–C) groups is 1. The summed E-state index contributed by atoms with van der Waals surface area (Å²) in [6.45, 7) is 4.11. The summed E-state index contributed by atoms with van der Waals surface area (Å²) in [6.07, 6.45) is -2.97. The minimum atomic E-state index is -4.68. The third-order valence-corrected chi connectivity index (χ3v) is 3.88. The first kappa shape index (κ1) is 20.9. The lowest BCUT2D eigenvalue weighted by atomic mass is 10.1. The molecule has 2 rings (SSSR count). The quantitative estimate of drug-likeness (QED) is 0.399. The van der Waals surface area contributed by atoms with Gasteiger partial charge >= 0.3 is 6.36 Å². The molecule has 3 unspecified atom stereocenters. The Morgan fingerprint density at radius 1 is 1.38 bits per heavy atom. The second kappa shape index (κ2) is 8.77. The number of ether oxygens (including phenoxy) is 1. The summed E-state index contributed by atoms with van der Waals surface area (Å²) in [4.78, 5) is 4.15. The van der Waals surface area contributed by atoms with Crippen molar-refractivity contribution in [1.82, 2.24) is 10.6 Å².